The largest absolute Gasteiger partial charge is 0.350 e. The molecule has 106 valence electrons. The molecule has 1 aromatic heterocycles. The summed E-state index contributed by atoms with van der Waals surface area (Å²) in [5, 5.41) is 3.12. The van der Waals surface area contributed by atoms with Crippen LogP contribution >= 0.6 is 0 Å². The normalized spacial score (nSPS) is 10.3. The number of anilines is 1. The molecule has 0 atom stereocenters. The Balaban J connectivity index is 2.77. The summed E-state index contributed by atoms with van der Waals surface area (Å²) >= 11 is 0. The quantitative estimate of drug-likeness (QED) is 0.801. The molecule has 0 unspecified atom stereocenters. The van der Waals surface area contributed by atoms with Crippen molar-refractivity contribution < 1.29 is 4.79 Å². The second kappa shape index (κ2) is 7.74. The number of nitrogens with zero attached hydrogens (tertiary/aromatic N) is 3. The van der Waals surface area contributed by atoms with E-state index in [0.29, 0.717) is 6.54 Å². The van der Waals surface area contributed by atoms with Crippen LogP contribution in [0.5, 0.6) is 0 Å². The topological polar surface area (TPSA) is 48.5 Å². The van der Waals surface area contributed by atoms with Crippen LogP contribution in [-0.2, 0) is 11.3 Å². The zero-order valence-electron chi connectivity index (χ0n) is 12.3. The molecule has 0 bridgehead atoms. The number of pyridine rings is 1. The van der Waals surface area contributed by atoms with Crippen LogP contribution < -0.4 is 10.2 Å². The van der Waals surface area contributed by atoms with Crippen molar-refractivity contribution in [2.24, 2.45) is 0 Å². The number of hydrogen-bond donors (Lipinski definition) is 1. The Hall–Kier alpha value is -1.62. The SMILES string of the molecule is CCN(CC)C(=O)CN(C)c1ncccc1CNC. The van der Waals surface area contributed by atoms with E-state index >= 15 is 0 Å². The maximum atomic E-state index is 12.1. The summed E-state index contributed by atoms with van der Waals surface area (Å²) in [5.74, 6) is 0.992. The van der Waals surface area contributed by atoms with Gasteiger partial charge in [-0.25, -0.2) is 4.98 Å². The van der Waals surface area contributed by atoms with Crippen molar-refractivity contribution in [3.8, 4) is 0 Å². The van der Waals surface area contributed by atoms with Gasteiger partial charge in [-0.2, -0.15) is 0 Å². The minimum absolute atomic E-state index is 0.133. The summed E-state index contributed by atoms with van der Waals surface area (Å²) in [7, 11) is 3.81. The first-order valence-electron chi connectivity index (χ1n) is 6.71. The highest BCUT2D eigenvalue weighted by Crippen LogP contribution is 2.15. The average Bonchev–Trinajstić information content (AvgIpc) is 2.41. The first-order chi connectivity index (χ1) is 9.13. The zero-order chi connectivity index (χ0) is 14.3. The average molecular weight is 264 g/mol. The van der Waals surface area contributed by atoms with Gasteiger partial charge in [0.05, 0.1) is 6.54 Å². The fraction of sp³-hybridized carbons (Fsp3) is 0.571. The lowest BCUT2D eigenvalue weighted by molar-refractivity contribution is -0.129. The molecular formula is C14H24N4O. The van der Waals surface area contributed by atoms with Gasteiger partial charge in [0.1, 0.15) is 5.82 Å². The zero-order valence-corrected chi connectivity index (χ0v) is 12.3. The van der Waals surface area contributed by atoms with Gasteiger partial charge in [0, 0.05) is 38.4 Å². The van der Waals surface area contributed by atoms with E-state index in [2.05, 4.69) is 10.3 Å². The second-order valence-electron chi connectivity index (χ2n) is 4.44. The van der Waals surface area contributed by atoms with Gasteiger partial charge < -0.3 is 15.1 Å². The number of rotatable bonds is 7. The fourth-order valence-electron chi connectivity index (χ4n) is 2.06. The molecule has 0 aliphatic carbocycles. The summed E-state index contributed by atoms with van der Waals surface area (Å²) < 4.78 is 0. The molecule has 0 saturated heterocycles. The van der Waals surface area contributed by atoms with Crippen molar-refractivity contribution in [3.05, 3.63) is 23.9 Å². The Bertz CT molecular complexity index is 404. The molecule has 1 N–H and O–H groups in total. The van der Waals surface area contributed by atoms with Crippen molar-refractivity contribution in [3.63, 3.8) is 0 Å². The van der Waals surface area contributed by atoms with E-state index in [4.69, 9.17) is 0 Å². The van der Waals surface area contributed by atoms with Crippen LogP contribution in [0.1, 0.15) is 19.4 Å². The molecule has 0 fully saturated rings. The number of carbonyl (C=O) groups excluding carboxylic acids is 1. The molecule has 0 saturated carbocycles. The standard InChI is InChI=1S/C14H24N4O/c1-5-18(6-2)13(19)11-17(4)14-12(10-15-3)8-7-9-16-14/h7-9,15H,5-6,10-11H2,1-4H3. The van der Waals surface area contributed by atoms with Crippen molar-refractivity contribution in [1.29, 1.82) is 0 Å². The summed E-state index contributed by atoms with van der Waals surface area (Å²) in [6.07, 6.45) is 1.76. The lowest BCUT2D eigenvalue weighted by Crippen LogP contribution is -2.39. The van der Waals surface area contributed by atoms with Gasteiger partial charge in [0.15, 0.2) is 0 Å². The molecule has 1 amide bonds. The summed E-state index contributed by atoms with van der Waals surface area (Å²) in [4.78, 5) is 20.2. The third kappa shape index (κ3) is 4.21. The Morgan fingerprint density at radius 2 is 2.05 bits per heavy atom. The van der Waals surface area contributed by atoms with E-state index < -0.39 is 0 Å². The van der Waals surface area contributed by atoms with Crippen molar-refractivity contribution in [2.45, 2.75) is 20.4 Å². The lowest BCUT2D eigenvalue weighted by atomic mass is 10.2. The molecule has 1 rings (SSSR count). The molecule has 5 nitrogen and oxygen atoms in total. The number of nitrogens with one attached hydrogen (secondary N) is 1. The molecule has 19 heavy (non-hydrogen) atoms. The van der Waals surface area contributed by atoms with Gasteiger partial charge in [-0.1, -0.05) is 6.07 Å². The molecule has 0 aliphatic heterocycles. The van der Waals surface area contributed by atoms with Gasteiger partial charge in [-0.3, -0.25) is 4.79 Å². The van der Waals surface area contributed by atoms with Crippen LogP contribution in [0.25, 0.3) is 0 Å². The van der Waals surface area contributed by atoms with Crippen LogP contribution in [0.15, 0.2) is 18.3 Å². The fourth-order valence-corrected chi connectivity index (χ4v) is 2.06. The smallest absolute Gasteiger partial charge is 0.242 e. The van der Waals surface area contributed by atoms with Crippen LogP contribution in [0.2, 0.25) is 0 Å². The second-order valence-corrected chi connectivity index (χ2v) is 4.44. The van der Waals surface area contributed by atoms with Gasteiger partial charge >= 0.3 is 0 Å². The first-order valence-corrected chi connectivity index (χ1v) is 6.71. The molecule has 0 spiro atoms. The van der Waals surface area contributed by atoms with E-state index in [1.807, 2.05) is 49.9 Å². The monoisotopic (exact) mass is 264 g/mol. The van der Waals surface area contributed by atoms with E-state index in [1.165, 1.54) is 0 Å². The molecule has 0 aliphatic rings. The highest BCUT2D eigenvalue weighted by molar-refractivity contribution is 5.81. The molecule has 0 aromatic carbocycles. The number of likely N-dealkylation sites (N-methyl/N-ethyl adjacent to an activating group) is 2. The predicted molar refractivity (Wildman–Crippen MR) is 78.2 cm³/mol. The van der Waals surface area contributed by atoms with Crippen molar-refractivity contribution in [2.75, 3.05) is 38.6 Å². The lowest BCUT2D eigenvalue weighted by Gasteiger charge is -2.25. The van der Waals surface area contributed by atoms with E-state index in [9.17, 15) is 4.79 Å². The van der Waals surface area contributed by atoms with Crippen molar-refractivity contribution in [1.82, 2.24) is 15.2 Å². The summed E-state index contributed by atoms with van der Waals surface area (Å²) in [6.45, 7) is 6.58. The Kier molecular flexibility index (Phi) is 6.29. The van der Waals surface area contributed by atoms with Gasteiger partial charge in [0.2, 0.25) is 5.91 Å². The number of aromatic nitrogens is 1. The Morgan fingerprint density at radius 1 is 1.37 bits per heavy atom. The third-order valence-corrected chi connectivity index (χ3v) is 3.08. The Labute approximate surface area is 115 Å². The van der Waals surface area contributed by atoms with Crippen LogP contribution in [0.3, 0.4) is 0 Å². The van der Waals surface area contributed by atoms with Crippen molar-refractivity contribution >= 4 is 11.7 Å². The maximum absolute atomic E-state index is 12.1. The molecule has 1 heterocycles. The van der Waals surface area contributed by atoms with E-state index in [0.717, 1.165) is 31.0 Å². The Morgan fingerprint density at radius 3 is 2.63 bits per heavy atom. The van der Waals surface area contributed by atoms with E-state index in [-0.39, 0.29) is 5.91 Å². The first kappa shape index (κ1) is 15.4. The predicted octanol–water partition coefficient (Wildman–Crippen LogP) is 1.11. The molecule has 5 heteroatoms. The third-order valence-electron chi connectivity index (χ3n) is 3.08. The minimum Gasteiger partial charge on any atom is -0.350 e. The van der Waals surface area contributed by atoms with Crippen LogP contribution in [0, 0.1) is 0 Å². The number of carbonyl (C=O) groups is 1. The maximum Gasteiger partial charge on any atom is 0.242 e. The summed E-state index contributed by atoms with van der Waals surface area (Å²) in [6, 6.07) is 3.94. The van der Waals surface area contributed by atoms with Gasteiger partial charge in [-0.15, -0.1) is 0 Å². The number of amides is 1. The number of hydrogen-bond acceptors (Lipinski definition) is 4. The summed E-state index contributed by atoms with van der Waals surface area (Å²) in [5.41, 5.74) is 1.10. The molecule has 1 aromatic rings. The highest BCUT2D eigenvalue weighted by Gasteiger charge is 2.15. The van der Waals surface area contributed by atoms with Gasteiger partial charge in [0.25, 0.3) is 0 Å². The molecule has 0 radical (unpaired) electrons. The highest BCUT2D eigenvalue weighted by atomic mass is 16.2. The van der Waals surface area contributed by atoms with Crippen LogP contribution in [0.4, 0.5) is 5.82 Å². The minimum atomic E-state index is 0.133. The van der Waals surface area contributed by atoms with Crippen LogP contribution in [-0.4, -0.2) is 49.5 Å². The molecular weight excluding hydrogens is 240 g/mol. The van der Waals surface area contributed by atoms with E-state index in [1.54, 1.807) is 6.20 Å². The van der Waals surface area contributed by atoms with Gasteiger partial charge in [-0.05, 0) is 27.0 Å².